The van der Waals surface area contributed by atoms with E-state index in [1.165, 1.54) is 12.7 Å². The summed E-state index contributed by atoms with van der Waals surface area (Å²) < 4.78 is 10.4. The van der Waals surface area contributed by atoms with Crippen LogP contribution in [0.1, 0.15) is 25.3 Å². The lowest BCUT2D eigenvalue weighted by atomic mass is 10.1. The molecular weight excluding hydrogens is 242 g/mol. The van der Waals surface area contributed by atoms with Crippen LogP contribution in [-0.4, -0.2) is 32.8 Å². The van der Waals surface area contributed by atoms with Crippen LogP contribution >= 0.6 is 0 Å². The Morgan fingerprint density at radius 1 is 1.32 bits per heavy atom. The third-order valence-corrected chi connectivity index (χ3v) is 2.65. The van der Waals surface area contributed by atoms with Crippen molar-refractivity contribution in [2.75, 3.05) is 26.9 Å². The summed E-state index contributed by atoms with van der Waals surface area (Å²) in [4.78, 5) is 11.2. The molecule has 0 aromatic heterocycles. The van der Waals surface area contributed by atoms with Crippen LogP contribution in [0.4, 0.5) is 0 Å². The molecule has 0 saturated carbocycles. The summed E-state index contributed by atoms with van der Waals surface area (Å²) in [5.74, 6) is 0.880. The van der Waals surface area contributed by atoms with E-state index < -0.39 is 0 Å². The van der Waals surface area contributed by atoms with Crippen molar-refractivity contribution in [1.29, 1.82) is 0 Å². The van der Waals surface area contributed by atoms with E-state index >= 15 is 0 Å². The van der Waals surface area contributed by atoms with Crippen LogP contribution < -0.4 is 10.1 Å². The summed E-state index contributed by atoms with van der Waals surface area (Å²) in [6.45, 7) is 3.61. The predicted molar refractivity (Wildman–Crippen MR) is 75.4 cm³/mol. The first kappa shape index (κ1) is 15.5. The SMILES string of the molecule is CCCOc1ccccc1CCCNC(=O)COC. The lowest BCUT2D eigenvalue weighted by Crippen LogP contribution is -2.28. The molecule has 0 heterocycles. The Balaban J connectivity index is 2.34. The minimum atomic E-state index is -0.0713. The summed E-state index contributed by atoms with van der Waals surface area (Å²) >= 11 is 0. The number of carbonyl (C=O) groups excluding carboxylic acids is 1. The first-order chi connectivity index (χ1) is 9.27. The molecule has 1 aromatic carbocycles. The number of aryl methyl sites for hydroxylation is 1. The van der Waals surface area contributed by atoms with E-state index in [1.54, 1.807) is 0 Å². The Morgan fingerprint density at radius 3 is 2.84 bits per heavy atom. The van der Waals surface area contributed by atoms with Crippen LogP contribution in [0.2, 0.25) is 0 Å². The number of methoxy groups -OCH3 is 1. The first-order valence-corrected chi connectivity index (χ1v) is 6.74. The fourth-order valence-electron chi connectivity index (χ4n) is 1.75. The van der Waals surface area contributed by atoms with Gasteiger partial charge >= 0.3 is 0 Å². The summed E-state index contributed by atoms with van der Waals surface area (Å²) in [6, 6.07) is 8.06. The van der Waals surface area contributed by atoms with Crippen LogP contribution in [0.5, 0.6) is 5.75 Å². The zero-order valence-electron chi connectivity index (χ0n) is 11.8. The maximum Gasteiger partial charge on any atom is 0.245 e. The Kier molecular flexibility index (Phi) is 7.66. The highest BCUT2D eigenvalue weighted by molar-refractivity contribution is 5.77. The van der Waals surface area contributed by atoms with Gasteiger partial charge in [0.25, 0.3) is 0 Å². The standard InChI is InChI=1S/C15H23NO3/c1-3-11-19-14-9-5-4-7-13(14)8-6-10-16-15(17)12-18-2/h4-5,7,9H,3,6,8,10-12H2,1-2H3,(H,16,17). The number of nitrogens with one attached hydrogen (secondary N) is 1. The maximum absolute atomic E-state index is 11.2. The van der Waals surface area contributed by atoms with Crippen molar-refractivity contribution in [2.24, 2.45) is 0 Å². The number of ether oxygens (including phenoxy) is 2. The molecule has 0 aliphatic rings. The summed E-state index contributed by atoms with van der Waals surface area (Å²) in [6.07, 6.45) is 2.79. The van der Waals surface area contributed by atoms with Gasteiger partial charge in [-0.15, -0.1) is 0 Å². The molecule has 19 heavy (non-hydrogen) atoms. The Hall–Kier alpha value is -1.55. The van der Waals surface area contributed by atoms with Gasteiger partial charge in [0.15, 0.2) is 0 Å². The number of carbonyl (C=O) groups is 1. The normalized spacial score (nSPS) is 10.2. The van der Waals surface area contributed by atoms with Gasteiger partial charge in [-0.25, -0.2) is 0 Å². The number of para-hydroxylation sites is 1. The minimum Gasteiger partial charge on any atom is -0.493 e. The van der Waals surface area contributed by atoms with Gasteiger partial charge in [-0.3, -0.25) is 4.79 Å². The Labute approximate surface area is 115 Å². The molecule has 0 fully saturated rings. The van der Waals surface area contributed by atoms with Crippen LogP contribution in [-0.2, 0) is 16.0 Å². The molecule has 1 aromatic rings. The van der Waals surface area contributed by atoms with Crippen molar-refractivity contribution in [1.82, 2.24) is 5.32 Å². The molecule has 1 N–H and O–H groups in total. The molecule has 4 heteroatoms. The molecule has 4 nitrogen and oxygen atoms in total. The van der Waals surface area contributed by atoms with Crippen molar-refractivity contribution in [3.8, 4) is 5.75 Å². The summed E-state index contributed by atoms with van der Waals surface area (Å²) in [7, 11) is 1.51. The lowest BCUT2D eigenvalue weighted by Gasteiger charge is -2.11. The van der Waals surface area contributed by atoms with Gasteiger partial charge in [-0.05, 0) is 30.9 Å². The predicted octanol–water partition coefficient (Wildman–Crippen LogP) is 2.17. The van der Waals surface area contributed by atoms with E-state index in [4.69, 9.17) is 9.47 Å². The van der Waals surface area contributed by atoms with Gasteiger partial charge in [0.1, 0.15) is 12.4 Å². The quantitative estimate of drug-likeness (QED) is 0.696. The average Bonchev–Trinajstić information content (AvgIpc) is 2.42. The van der Waals surface area contributed by atoms with Crippen molar-refractivity contribution < 1.29 is 14.3 Å². The lowest BCUT2D eigenvalue weighted by molar-refractivity contribution is -0.124. The second-order valence-electron chi connectivity index (χ2n) is 4.34. The van der Waals surface area contributed by atoms with Crippen molar-refractivity contribution in [3.63, 3.8) is 0 Å². The number of rotatable bonds is 9. The molecule has 0 unspecified atom stereocenters. The molecule has 0 radical (unpaired) electrons. The molecule has 1 amide bonds. The average molecular weight is 265 g/mol. The topological polar surface area (TPSA) is 47.6 Å². The van der Waals surface area contributed by atoms with Gasteiger partial charge in [0.2, 0.25) is 5.91 Å². The van der Waals surface area contributed by atoms with Crippen LogP contribution in [0, 0.1) is 0 Å². The highest BCUT2D eigenvalue weighted by Gasteiger charge is 2.03. The van der Waals surface area contributed by atoms with Crippen LogP contribution in [0.25, 0.3) is 0 Å². The van der Waals surface area contributed by atoms with E-state index in [1.807, 2.05) is 18.2 Å². The second-order valence-corrected chi connectivity index (χ2v) is 4.34. The van der Waals surface area contributed by atoms with E-state index in [9.17, 15) is 4.79 Å². The number of hydrogen-bond donors (Lipinski definition) is 1. The number of amides is 1. The van der Waals surface area contributed by atoms with Crippen molar-refractivity contribution >= 4 is 5.91 Å². The number of benzene rings is 1. The molecule has 106 valence electrons. The third kappa shape index (κ3) is 6.25. The largest absolute Gasteiger partial charge is 0.493 e. The first-order valence-electron chi connectivity index (χ1n) is 6.74. The Bertz CT molecular complexity index is 379. The molecule has 0 atom stereocenters. The van der Waals surface area contributed by atoms with E-state index in [2.05, 4.69) is 18.3 Å². The fourth-order valence-corrected chi connectivity index (χ4v) is 1.75. The molecule has 0 spiro atoms. The van der Waals surface area contributed by atoms with Gasteiger partial charge in [0, 0.05) is 13.7 Å². The van der Waals surface area contributed by atoms with Crippen LogP contribution in [0.3, 0.4) is 0 Å². The van der Waals surface area contributed by atoms with Crippen molar-refractivity contribution in [2.45, 2.75) is 26.2 Å². The minimum absolute atomic E-state index is 0.0713. The molecular formula is C15H23NO3. The van der Waals surface area contributed by atoms with Gasteiger partial charge < -0.3 is 14.8 Å². The number of hydrogen-bond acceptors (Lipinski definition) is 3. The zero-order chi connectivity index (χ0) is 13.9. The highest BCUT2D eigenvalue weighted by atomic mass is 16.5. The van der Waals surface area contributed by atoms with E-state index in [-0.39, 0.29) is 12.5 Å². The molecule has 0 bridgehead atoms. The van der Waals surface area contributed by atoms with Gasteiger partial charge in [0.05, 0.1) is 6.61 Å². The molecule has 0 saturated heterocycles. The second kappa shape index (κ2) is 9.39. The highest BCUT2D eigenvalue weighted by Crippen LogP contribution is 2.19. The van der Waals surface area contributed by atoms with Gasteiger partial charge in [-0.1, -0.05) is 25.1 Å². The fraction of sp³-hybridized carbons (Fsp3) is 0.533. The molecule has 1 rings (SSSR count). The zero-order valence-corrected chi connectivity index (χ0v) is 11.8. The molecule has 0 aliphatic carbocycles. The molecule has 0 aliphatic heterocycles. The van der Waals surface area contributed by atoms with E-state index in [0.717, 1.165) is 31.6 Å². The van der Waals surface area contributed by atoms with Crippen molar-refractivity contribution in [3.05, 3.63) is 29.8 Å². The third-order valence-electron chi connectivity index (χ3n) is 2.65. The Morgan fingerprint density at radius 2 is 2.11 bits per heavy atom. The van der Waals surface area contributed by atoms with Gasteiger partial charge in [-0.2, -0.15) is 0 Å². The maximum atomic E-state index is 11.2. The van der Waals surface area contributed by atoms with E-state index in [0.29, 0.717) is 6.54 Å². The monoisotopic (exact) mass is 265 g/mol. The van der Waals surface area contributed by atoms with Crippen LogP contribution in [0.15, 0.2) is 24.3 Å². The smallest absolute Gasteiger partial charge is 0.245 e. The summed E-state index contributed by atoms with van der Waals surface area (Å²) in [5, 5.41) is 2.81. The summed E-state index contributed by atoms with van der Waals surface area (Å²) in [5.41, 5.74) is 1.19.